The monoisotopic (exact) mass is 232 g/mol. The largest absolute Gasteiger partial charge is 0.236 e. The first kappa shape index (κ1) is 10.8. The maximum absolute atomic E-state index is 10.2. The normalized spacial score (nSPS) is 12.1. The molecule has 0 bridgehead atoms. The van der Waals surface area contributed by atoms with Gasteiger partial charge < -0.3 is 0 Å². The Balaban J connectivity index is 2.62. The van der Waals surface area contributed by atoms with Crippen molar-refractivity contribution in [3.05, 3.63) is 41.0 Å². The van der Waals surface area contributed by atoms with E-state index in [1.165, 1.54) is 6.08 Å². The van der Waals surface area contributed by atoms with Crippen molar-refractivity contribution in [3.63, 3.8) is 0 Å². The van der Waals surface area contributed by atoms with Crippen LogP contribution in [0.15, 0.2) is 35.3 Å². The molecule has 0 aliphatic rings. The number of rotatable bonds is 2. The first-order valence-corrected chi connectivity index (χ1v) is 5.22. The summed E-state index contributed by atoms with van der Waals surface area (Å²) in [5.41, 5.74) is 1.57. The van der Waals surface area contributed by atoms with Crippen LogP contribution in [-0.4, -0.2) is 11.1 Å². The molecule has 2 rings (SSSR count). The van der Waals surface area contributed by atoms with Crippen LogP contribution in [0.1, 0.15) is 18.5 Å². The molecule has 0 aliphatic heterocycles. The highest BCUT2D eigenvalue weighted by Gasteiger charge is 2.10. The van der Waals surface area contributed by atoms with Crippen molar-refractivity contribution in [1.29, 1.82) is 0 Å². The van der Waals surface area contributed by atoms with Gasteiger partial charge in [0.15, 0.2) is 0 Å². The average molecular weight is 233 g/mol. The summed E-state index contributed by atoms with van der Waals surface area (Å²) in [5, 5.41) is 1.36. The van der Waals surface area contributed by atoms with Crippen molar-refractivity contribution in [2.45, 2.75) is 13.0 Å². The molecule has 0 amide bonds. The lowest BCUT2D eigenvalue weighted by Crippen LogP contribution is -1.94. The van der Waals surface area contributed by atoms with Gasteiger partial charge in [0, 0.05) is 10.9 Å². The molecule has 4 heteroatoms. The summed E-state index contributed by atoms with van der Waals surface area (Å²) in [6.07, 6.45) is 1.53. The van der Waals surface area contributed by atoms with Crippen LogP contribution < -0.4 is 0 Å². The van der Waals surface area contributed by atoms with E-state index in [2.05, 4.69) is 9.98 Å². The molecule has 16 heavy (non-hydrogen) atoms. The molecule has 0 radical (unpaired) electrons. The maximum atomic E-state index is 10.2. The summed E-state index contributed by atoms with van der Waals surface area (Å²) in [6.45, 7) is 1.78. The number of halogens is 1. The molecule has 1 aromatic heterocycles. The Hall–Kier alpha value is -1.70. The smallest absolute Gasteiger partial charge is 0.235 e. The number of fused-ring (bicyclic) bond motifs is 1. The zero-order valence-electron chi connectivity index (χ0n) is 8.64. The Morgan fingerprint density at radius 1 is 1.44 bits per heavy atom. The average Bonchev–Trinajstić information content (AvgIpc) is 2.28. The lowest BCUT2D eigenvalue weighted by atomic mass is 10.1. The molecule has 1 unspecified atom stereocenters. The highest BCUT2D eigenvalue weighted by atomic mass is 35.5. The van der Waals surface area contributed by atoms with Gasteiger partial charge in [0.1, 0.15) is 5.15 Å². The highest BCUT2D eigenvalue weighted by Crippen LogP contribution is 2.27. The van der Waals surface area contributed by atoms with Gasteiger partial charge in [0.05, 0.1) is 11.6 Å². The summed E-state index contributed by atoms with van der Waals surface area (Å²) in [6, 6.07) is 9.24. The van der Waals surface area contributed by atoms with E-state index in [1.54, 1.807) is 6.92 Å². The number of aromatic nitrogens is 1. The quantitative estimate of drug-likeness (QED) is 0.453. The molecular formula is C12H9ClN2O. The molecule has 0 spiro atoms. The van der Waals surface area contributed by atoms with Gasteiger partial charge in [-0.1, -0.05) is 29.8 Å². The van der Waals surface area contributed by atoms with Gasteiger partial charge >= 0.3 is 0 Å². The molecule has 0 aliphatic carbocycles. The summed E-state index contributed by atoms with van der Waals surface area (Å²) in [4.78, 5) is 18.1. The van der Waals surface area contributed by atoms with Crippen LogP contribution in [0.2, 0.25) is 5.15 Å². The minimum Gasteiger partial charge on any atom is -0.236 e. The summed E-state index contributed by atoms with van der Waals surface area (Å²) in [7, 11) is 0. The van der Waals surface area contributed by atoms with Crippen LogP contribution in [0.5, 0.6) is 0 Å². The lowest BCUT2D eigenvalue weighted by Gasteiger charge is -2.08. The number of hydrogen-bond acceptors (Lipinski definition) is 3. The van der Waals surface area contributed by atoms with Crippen molar-refractivity contribution < 1.29 is 4.79 Å². The first-order valence-electron chi connectivity index (χ1n) is 4.84. The van der Waals surface area contributed by atoms with E-state index in [9.17, 15) is 4.79 Å². The molecule has 1 aromatic carbocycles. The van der Waals surface area contributed by atoms with Crippen LogP contribution in [0.25, 0.3) is 10.9 Å². The molecule has 2 aromatic rings. The summed E-state index contributed by atoms with van der Waals surface area (Å²) in [5.74, 6) is 0. The van der Waals surface area contributed by atoms with Crippen LogP contribution in [0.4, 0.5) is 0 Å². The predicted molar refractivity (Wildman–Crippen MR) is 63.3 cm³/mol. The van der Waals surface area contributed by atoms with Gasteiger partial charge in [-0.2, -0.15) is 4.99 Å². The number of aliphatic imine (C=N–C) groups is 1. The zero-order chi connectivity index (χ0) is 11.5. The SMILES string of the molecule is CC(N=C=O)c1cc2ccccc2nc1Cl. The summed E-state index contributed by atoms with van der Waals surface area (Å²) >= 11 is 6.03. The van der Waals surface area contributed by atoms with Crippen molar-refractivity contribution in [2.75, 3.05) is 0 Å². The fraction of sp³-hybridized carbons (Fsp3) is 0.167. The van der Waals surface area contributed by atoms with Crippen molar-refractivity contribution in [2.24, 2.45) is 4.99 Å². The Bertz CT molecular complexity index is 576. The van der Waals surface area contributed by atoms with E-state index in [1.807, 2.05) is 30.3 Å². The number of para-hydroxylation sites is 1. The van der Waals surface area contributed by atoms with Crippen molar-refractivity contribution in [1.82, 2.24) is 4.98 Å². The summed E-state index contributed by atoms with van der Waals surface area (Å²) < 4.78 is 0. The Morgan fingerprint density at radius 2 is 2.19 bits per heavy atom. The van der Waals surface area contributed by atoms with Crippen molar-refractivity contribution in [3.8, 4) is 0 Å². The molecule has 1 heterocycles. The highest BCUT2D eigenvalue weighted by molar-refractivity contribution is 6.30. The number of benzene rings is 1. The molecular weight excluding hydrogens is 224 g/mol. The molecule has 1 atom stereocenters. The second-order valence-electron chi connectivity index (χ2n) is 3.46. The molecule has 0 saturated carbocycles. The van der Waals surface area contributed by atoms with Gasteiger partial charge in [-0.05, 0) is 19.1 Å². The van der Waals surface area contributed by atoms with Gasteiger partial charge in [-0.3, -0.25) is 0 Å². The van der Waals surface area contributed by atoms with Gasteiger partial charge in [-0.15, -0.1) is 0 Å². The van der Waals surface area contributed by atoms with Crippen LogP contribution in [0.3, 0.4) is 0 Å². The molecule has 0 fully saturated rings. The Labute approximate surface area is 97.8 Å². The standard InChI is InChI=1S/C12H9ClN2O/c1-8(14-7-16)10-6-9-4-2-3-5-11(9)15-12(10)13/h2-6,8H,1H3. The Kier molecular flexibility index (Phi) is 3.00. The number of carbonyl (C=O) groups excluding carboxylic acids is 1. The van der Waals surface area contributed by atoms with E-state index in [4.69, 9.17) is 11.6 Å². The topological polar surface area (TPSA) is 42.3 Å². The lowest BCUT2D eigenvalue weighted by molar-refractivity contribution is 0.559. The van der Waals surface area contributed by atoms with E-state index >= 15 is 0 Å². The minimum atomic E-state index is -0.317. The third-order valence-electron chi connectivity index (χ3n) is 2.40. The first-order chi connectivity index (χ1) is 7.72. The van der Waals surface area contributed by atoms with E-state index < -0.39 is 0 Å². The maximum Gasteiger partial charge on any atom is 0.235 e. The number of pyridine rings is 1. The second-order valence-corrected chi connectivity index (χ2v) is 3.82. The Morgan fingerprint density at radius 3 is 2.94 bits per heavy atom. The van der Waals surface area contributed by atoms with E-state index in [0.29, 0.717) is 5.15 Å². The molecule has 3 nitrogen and oxygen atoms in total. The van der Waals surface area contributed by atoms with E-state index in [-0.39, 0.29) is 6.04 Å². The van der Waals surface area contributed by atoms with Crippen LogP contribution >= 0.6 is 11.6 Å². The fourth-order valence-corrected chi connectivity index (χ4v) is 1.85. The third-order valence-corrected chi connectivity index (χ3v) is 2.70. The predicted octanol–water partition coefficient (Wildman–Crippen LogP) is 3.29. The molecule has 80 valence electrons. The van der Waals surface area contributed by atoms with Crippen LogP contribution in [-0.2, 0) is 4.79 Å². The minimum absolute atomic E-state index is 0.317. The van der Waals surface area contributed by atoms with Crippen molar-refractivity contribution >= 4 is 28.6 Å². The molecule has 0 N–H and O–H groups in total. The second kappa shape index (κ2) is 4.44. The fourth-order valence-electron chi connectivity index (χ4n) is 1.55. The van der Waals surface area contributed by atoms with Gasteiger partial charge in [0.25, 0.3) is 0 Å². The molecule has 0 saturated heterocycles. The third kappa shape index (κ3) is 1.96. The van der Waals surface area contributed by atoms with Crippen LogP contribution in [0, 0.1) is 0 Å². The van der Waals surface area contributed by atoms with Gasteiger partial charge in [0.2, 0.25) is 6.08 Å². The number of hydrogen-bond donors (Lipinski definition) is 0. The number of isocyanates is 1. The zero-order valence-corrected chi connectivity index (χ0v) is 9.40. The van der Waals surface area contributed by atoms with Gasteiger partial charge in [-0.25, -0.2) is 9.78 Å². The number of nitrogens with zero attached hydrogens (tertiary/aromatic N) is 2. The van der Waals surface area contributed by atoms with E-state index in [0.717, 1.165) is 16.5 Å².